The summed E-state index contributed by atoms with van der Waals surface area (Å²) in [7, 11) is 0. The number of benzene rings is 1. The van der Waals surface area contributed by atoms with Crippen molar-refractivity contribution in [1.29, 1.82) is 0 Å². The van der Waals surface area contributed by atoms with E-state index >= 15 is 0 Å². The topological polar surface area (TPSA) is 80.0 Å². The summed E-state index contributed by atoms with van der Waals surface area (Å²) in [5, 5.41) is 8.88. The van der Waals surface area contributed by atoms with Crippen LogP contribution in [-0.4, -0.2) is 41.1 Å². The molecule has 0 spiro atoms. The van der Waals surface area contributed by atoms with Crippen molar-refractivity contribution in [3.05, 3.63) is 59.3 Å². The van der Waals surface area contributed by atoms with Crippen LogP contribution in [0.5, 0.6) is 0 Å². The van der Waals surface area contributed by atoms with Gasteiger partial charge in [0.25, 0.3) is 5.91 Å². The van der Waals surface area contributed by atoms with Crippen molar-refractivity contribution in [2.45, 2.75) is 19.1 Å². The van der Waals surface area contributed by atoms with Crippen molar-refractivity contribution in [1.82, 2.24) is 4.90 Å². The zero-order valence-corrected chi connectivity index (χ0v) is 12.9. The quantitative estimate of drug-likeness (QED) is 0.934. The molecule has 2 aromatic rings. The monoisotopic (exact) mass is 333 g/mol. The van der Waals surface area contributed by atoms with Crippen molar-refractivity contribution in [3.8, 4) is 0 Å². The highest BCUT2D eigenvalue weighted by atomic mass is 19.1. The molecule has 1 aliphatic rings. The molecule has 0 bridgehead atoms. The van der Waals surface area contributed by atoms with Crippen LogP contribution in [0.15, 0.2) is 40.8 Å². The van der Waals surface area contributed by atoms with Crippen molar-refractivity contribution in [2.75, 3.05) is 13.1 Å². The van der Waals surface area contributed by atoms with Gasteiger partial charge in [-0.15, -0.1) is 0 Å². The number of furan rings is 1. The molecule has 7 heteroatoms. The molecule has 0 aliphatic carbocycles. The van der Waals surface area contributed by atoms with Gasteiger partial charge in [-0.05, 0) is 36.8 Å². The van der Waals surface area contributed by atoms with E-state index in [4.69, 9.17) is 14.3 Å². The van der Waals surface area contributed by atoms with Gasteiger partial charge in [0.2, 0.25) is 5.76 Å². The van der Waals surface area contributed by atoms with Crippen LogP contribution >= 0.6 is 0 Å². The van der Waals surface area contributed by atoms with Crippen LogP contribution in [0.3, 0.4) is 0 Å². The Bertz CT molecular complexity index is 755. The highest BCUT2D eigenvalue weighted by Crippen LogP contribution is 2.26. The van der Waals surface area contributed by atoms with E-state index in [1.54, 1.807) is 17.0 Å². The van der Waals surface area contributed by atoms with Gasteiger partial charge in [0.15, 0.2) is 5.76 Å². The summed E-state index contributed by atoms with van der Waals surface area (Å²) < 4.78 is 24.0. The number of carbonyl (C=O) groups excluding carboxylic acids is 1. The largest absolute Gasteiger partial charge is 0.475 e. The van der Waals surface area contributed by atoms with Gasteiger partial charge in [0.05, 0.1) is 12.6 Å². The lowest BCUT2D eigenvalue weighted by molar-refractivity contribution is -0.0697. The fraction of sp³-hybridized carbons (Fsp3) is 0.294. The maximum absolute atomic E-state index is 13.1. The Balaban J connectivity index is 1.78. The van der Waals surface area contributed by atoms with Gasteiger partial charge < -0.3 is 19.2 Å². The normalized spacial score (nSPS) is 20.8. The number of aromatic carboxylic acids is 1. The molecule has 0 radical (unpaired) electrons. The predicted octanol–water partition coefficient (Wildman–Crippen LogP) is 2.72. The Morgan fingerprint density at radius 3 is 2.42 bits per heavy atom. The van der Waals surface area contributed by atoms with Crippen LogP contribution in [0, 0.1) is 5.82 Å². The van der Waals surface area contributed by atoms with Gasteiger partial charge >= 0.3 is 5.97 Å². The minimum Gasteiger partial charge on any atom is -0.475 e. The average Bonchev–Trinajstić information content (AvgIpc) is 3.04. The summed E-state index contributed by atoms with van der Waals surface area (Å²) in [5.74, 6) is -2.28. The molecule has 2 unspecified atom stereocenters. The molecular formula is C17H16FNO5. The Morgan fingerprint density at radius 2 is 1.79 bits per heavy atom. The Hall–Kier alpha value is -2.67. The predicted molar refractivity (Wildman–Crippen MR) is 81.3 cm³/mol. The lowest BCUT2D eigenvalue weighted by atomic mass is 10.1. The number of amides is 1. The Kier molecular flexibility index (Phi) is 4.35. The number of carboxylic acid groups (broad SMARTS) is 1. The van der Waals surface area contributed by atoms with Crippen LogP contribution < -0.4 is 0 Å². The van der Waals surface area contributed by atoms with Crippen LogP contribution in [0.4, 0.5) is 4.39 Å². The van der Waals surface area contributed by atoms with Crippen molar-refractivity contribution >= 4 is 11.9 Å². The lowest BCUT2D eigenvalue weighted by Gasteiger charge is -2.36. The highest BCUT2D eigenvalue weighted by molar-refractivity contribution is 5.93. The summed E-state index contributed by atoms with van der Waals surface area (Å²) in [5.41, 5.74) is 0.770. The minimum atomic E-state index is -1.23. The van der Waals surface area contributed by atoms with Crippen LogP contribution in [0.2, 0.25) is 0 Å². The third-order valence-corrected chi connectivity index (χ3v) is 3.82. The number of halogens is 1. The third kappa shape index (κ3) is 3.30. The van der Waals surface area contributed by atoms with E-state index in [1.165, 1.54) is 24.3 Å². The van der Waals surface area contributed by atoms with Crippen molar-refractivity contribution in [3.63, 3.8) is 0 Å². The van der Waals surface area contributed by atoms with Crippen LogP contribution in [0.1, 0.15) is 39.7 Å². The molecule has 126 valence electrons. The first-order valence-corrected chi connectivity index (χ1v) is 7.47. The highest BCUT2D eigenvalue weighted by Gasteiger charge is 2.31. The first-order valence-electron chi connectivity index (χ1n) is 7.47. The molecule has 1 aromatic heterocycles. The zero-order chi connectivity index (χ0) is 17.3. The van der Waals surface area contributed by atoms with E-state index in [-0.39, 0.29) is 36.1 Å². The molecule has 3 rings (SSSR count). The summed E-state index contributed by atoms with van der Waals surface area (Å²) in [6.07, 6.45) is -0.598. The van der Waals surface area contributed by atoms with Gasteiger partial charge in [-0.25, -0.2) is 9.18 Å². The van der Waals surface area contributed by atoms with E-state index in [0.717, 1.165) is 5.56 Å². The molecule has 1 aromatic carbocycles. The van der Waals surface area contributed by atoms with Crippen LogP contribution in [-0.2, 0) is 4.74 Å². The molecule has 1 aliphatic heterocycles. The SMILES string of the molecule is CC1CN(C(=O)c2ccc(C(=O)O)o2)CC(c2ccc(F)cc2)O1. The number of carboxylic acids is 1. The van der Waals surface area contributed by atoms with E-state index in [0.29, 0.717) is 6.54 Å². The summed E-state index contributed by atoms with van der Waals surface area (Å²) in [6, 6.07) is 8.52. The maximum atomic E-state index is 13.1. The maximum Gasteiger partial charge on any atom is 0.371 e. The second-order valence-electron chi connectivity index (χ2n) is 5.67. The van der Waals surface area contributed by atoms with Crippen LogP contribution in [0.25, 0.3) is 0 Å². The second-order valence-corrected chi connectivity index (χ2v) is 5.67. The molecule has 0 saturated carbocycles. The van der Waals surface area contributed by atoms with Gasteiger partial charge in [-0.1, -0.05) is 12.1 Å². The van der Waals surface area contributed by atoms with Gasteiger partial charge in [0, 0.05) is 6.54 Å². The second kappa shape index (κ2) is 6.45. The van der Waals surface area contributed by atoms with E-state index in [9.17, 15) is 14.0 Å². The van der Waals surface area contributed by atoms with E-state index < -0.39 is 11.9 Å². The lowest BCUT2D eigenvalue weighted by Crippen LogP contribution is -2.45. The fourth-order valence-corrected chi connectivity index (χ4v) is 2.70. The molecule has 6 nitrogen and oxygen atoms in total. The van der Waals surface area contributed by atoms with E-state index in [2.05, 4.69) is 0 Å². The van der Waals surface area contributed by atoms with E-state index in [1.807, 2.05) is 6.92 Å². The number of carbonyl (C=O) groups is 2. The van der Waals surface area contributed by atoms with Crippen molar-refractivity contribution < 1.29 is 28.2 Å². The van der Waals surface area contributed by atoms with Gasteiger partial charge in [0.1, 0.15) is 11.9 Å². The summed E-state index contributed by atoms with van der Waals surface area (Å²) >= 11 is 0. The third-order valence-electron chi connectivity index (χ3n) is 3.82. The number of ether oxygens (including phenoxy) is 1. The first kappa shape index (κ1) is 16.2. The molecule has 2 heterocycles. The Morgan fingerprint density at radius 1 is 1.12 bits per heavy atom. The molecule has 24 heavy (non-hydrogen) atoms. The minimum absolute atomic E-state index is 0.0284. The van der Waals surface area contributed by atoms with Gasteiger partial charge in [-0.2, -0.15) is 0 Å². The molecule has 2 atom stereocenters. The molecule has 1 N–H and O–H groups in total. The van der Waals surface area contributed by atoms with Gasteiger partial charge in [-0.3, -0.25) is 4.79 Å². The number of morpholine rings is 1. The number of rotatable bonds is 3. The Labute approximate surface area is 137 Å². The van der Waals surface area contributed by atoms with Crippen molar-refractivity contribution in [2.24, 2.45) is 0 Å². The number of hydrogen-bond acceptors (Lipinski definition) is 4. The first-order chi connectivity index (χ1) is 11.4. The molecule has 1 saturated heterocycles. The fourth-order valence-electron chi connectivity index (χ4n) is 2.70. The zero-order valence-electron chi connectivity index (χ0n) is 12.9. The molecular weight excluding hydrogens is 317 g/mol. The summed E-state index contributed by atoms with van der Waals surface area (Å²) in [4.78, 5) is 24.9. The summed E-state index contributed by atoms with van der Waals surface area (Å²) in [6.45, 7) is 2.47. The standard InChI is InChI=1S/C17H16FNO5/c1-10-8-19(16(20)13-6-7-14(24-13)17(21)22)9-15(23-10)11-2-4-12(18)5-3-11/h2-7,10,15H,8-9H2,1H3,(H,21,22). The molecule has 1 amide bonds. The average molecular weight is 333 g/mol. The smallest absolute Gasteiger partial charge is 0.371 e. The molecule has 1 fully saturated rings. The number of nitrogens with zero attached hydrogens (tertiary/aromatic N) is 1. The number of hydrogen-bond donors (Lipinski definition) is 1.